The van der Waals surface area contributed by atoms with E-state index in [-0.39, 0.29) is 12.5 Å². The van der Waals surface area contributed by atoms with Gasteiger partial charge in [0.05, 0.1) is 19.3 Å². The van der Waals surface area contributed by atoms with Crippen molar-refractivity contribution in [3.8, 4) is 0 Å². The number of nitrogens with zero attached hydrogens (tertiary/aromatic N) is 3. The molecule has 1 aromatic carbocycles. The van der Waals surface area contributed by atoms with Crippen LogP contribution in [0, 0.1) is 5.92 Å². The zero-order chi connectivity index (χ0) is 20.1. The van der Waals surface area contributed by atoms with Gasteiger partial charge in [0.1, 0.15) is 12.0 Å². The minimum absolute atomic E-state index is 0.188. The lowest BCUT2D eigenvalue weighted by Gasteiger charge is -2.27. The van der Waals surface area contributed by atoms with Crippen LogP contribution < -0.4 is 10.2 Å². The molecule has 7 nitrogen and oxygen atoms in total. The number of carbonyl (C=O) groups excluding carboxylic acids is 1. The summed E-state index contributed by atoms with van der Waals surface area (Å²) in [5.74, 6) is 0.188. The van der Waals surface area contributed by atoms with Crippen LogP contribution in [-0.4, -0.2) is 59.9 Å². The number of β-amino-alcohol motifs (C(OH)–C–C–N with tert-alkyl or cyclic N) is 1. The van der Waals surface area contributed by atoms with Gasteiger partial charge >= 0.3 is 0 Å². The second-order valence-electron chi connectivity index (χ2n) is 7.90. The van der Waals surface area contributed by atoms with Crippen molar-refractivity contribution in [1.82, 2.24) is 15.3 Å². The van der Waals surface area contributed by atoms with Crippen molar-refractivity contribution in [2.75, 3.05) is 37.7 Å². The second kappa shape index (κ2) is 9.33. The average molecular weight is 396 g/mol. The number of aromatic nitrogens is 2. The summed E-state index contributed by atoms with van der Waals surface area (Å²) in [6.07, 6.45) is 4.89. The van der Waals surface area contributed by atoms with Crippen molar-refractivity contribution >= 4 is 11.6 Å². The summed E-state index contributed by atoms with van der Waals surface area (Å²) >= 11 is 0. The van der Waals surface area contributed by atoms with Crippen LogP contribution in [-0.2, 0) is 17.6 Å². The molecular formula is C22H28N4O3. The number of hydrogen-bond donors (Lipinski definition) is 2. The number of carbonyl (C=O) groups is 1. The number of aryl methyl sites for hydroxylation is 1. The van der Waals surface area contributed by atoms with E-state index in [1.54, 1.807) is 6.07 Å². The highest BCUT2D eigenvalue weighted by Gasteiger charge is 2.21. The summed E-state index contributed by atoms with van der Waals surface area (Å²) in [6.45, 7) is 3.10. The van der Waals surface area contributed by atoms with Crippen LogP contribution in [0.1, 0.15) is 34.6 Å². The van der Waals surface area contributed by atoms with Crippen molar-refractivity contribution in [3.05, 3.63) is 53.6 Å². The van der Waals surface area contributed by atoms with Gasteiger partial charge in [-0.05, 0) is 43.4 Å². The normalized spacial score (nSPS) is 17.8. The summed E-state index contributed by atoms with van der Waals surface area (Å²) in [5, 5.41) is 13.3. The number of rotatable bonds is 7. The highest BCUT2D eigenvalue weighted by molar-refractivity contribution is 5.92. The molecule has 0 radical (unpaired) electrons. The fraction of sp³-hybridized carbons (Fsp3) is 0.500. The lowest BCUT2D eigenvalue weighted by atomic mass is 10.0. The van der Waals surface area contributed by atoms with Gasteiger partial charge in [-0.3, -0.25) is 4.79 Å². The Morgan fingerprint density at radius 3 is 2.97 bits per heavy atom. The first kappa shape index (κ1) is 19.8. The Balaban J connectivity index is 1.31. The Hall–Kier alpha value is -2.51. The Bertz CT molecular complexity index is 840. The largest absolute Gasteiger partial charge is 0.389 e. The highest BCUT2D eigenvalue weighted by atomic mass is 16.5. The topological polar surface area (TPSA) is 87.6 Å². The minimum atomic E-state index is -0.654. The number of aliphatic hydroxyl groups excluding tert-OH is 1. The number of para-hydroxylation sites is 1. The summed E-state index contributed by atoms with van der Waals surface area (Å²) in [6, 6.07) is 10.1. The third kappa shape index (κ3) is 5.10. The van der Waals surface area contributed by atoms with Crippen LogP contribution in [0.15, 0.2) is 36.7 Å². The predicted molar refractivity (Wildman–Crippen MR) is 110 cm³/mol. The maximum absolute atomic E-state index is 12.5. The van der Waals surface area contributed by atoms with Crippen molar-refractivity contribution in [1.29, 1.82) is 0 Å². The molecule has 1 amide bonds. The van der Waals surface area contributed by atoms with E-state index in [1.165, 1.54) is 17.6 Å². The third-order valence-electron chi connectivity index (χ3n) is 5.55. The monoisotopic (exact) mass is 396 g/mol. The molecule has 1 saturated heterocycles. The Morgan fingerprint density at radius 2 is 2.14 bits per heavy atom. The number of benzene rings is 1. The average Bonchev–Trinajstić information content (AvgIpc) is 2.91. The Morgan fingerprint density at radius 1 is 1.28 bits per heavy atom. The van der Waals surface area contributed by atoms with E-state index in [0.29, 0.717) is 18.2 Å². The van der Waals surface area contributed by atoms with Crippen LogP contribution in [0.5, 0.6) is 0 Å². The number of fused-ring (bicyclic) bond motifs is 1. The molecule has 0 bridgehead atoms. The molecule has 7 heteroatoms. The molecule has 2 aromatic rings. The van der Waals surface area contributed by atoms with Crippen LogP contribution in [0.25, 0.3) is 0 Å². The molecule has 2 aliphatic heterocycles. The first-order valence-corrected chi connectivity index (χ1v) is 10.4. The number of anilines is 1. The molecule has 2 aliphatic rings. The lowest BCUT2D eigenvalue weighted by molar-refractivity contribution is -0.0316. The van der Waals surface area contributed by atoms with Gasteiger partial charge in [0.2, 0.25) is 0 Å². The highest BCUT2D eigenvalue weighted by Crippen LogP contribution is 2.26. The molecule has 3 heterocycles. The van der Waals surface area contributed by atoms with E-state index < -0.39 is 6.10 Å². The molecule has 29 heavy (non-hydrogen) atoms. The van der Waals surface area contributed by atoms with E-state index in [4.69, 9.17) is 4.74 Å². The number of amides is 1. The number of hydrogen-bond acceptors (Lipinski definition) is 6. The summed E-state index contributed by atoms with van der Waals surface area (Å²) < 4.78 is 5.19. The summed E-state index contributed by atoms with van der Waals surface area (Å²) in [4.78, 5) is 23.0. The molecule has 4 rings (SSSR count). The lowest BCUT2D eigenvalue weighted by Crippen LogP contribution is -2.40. The van der Waals surface area contributed by atoms with Gasteiger partial charge in [0, 0.05) is 36.9 Å². The number of ether oxygens (including phenoxy) is 1. The molecule has 0 spiro atoms. The molecule has 1 fully saturated rings. The fourth-order valence-electron chi connectivity index (χ4n) is 3.91. The van der Waals surface area contributed by atoms with E-state index in [0.717, 1.165) is 51.1 Å². The molecular weight excluding hydrogens is 368 g/mol. The smallest absolute Gasteiger partial charge is 0.270 e. The van der Waals surface area contributed by atoms with Crippen LogP contribution in [0.3, 0.4) is 0 Å². The van der Waals surface area contributed by atoms with Crippen molar-refractivity contribution in [3.63, 3.8) is 0 Å². The van der Waals surface area contributed by atoms with Crippen molar-refractivity contribution in [2.24, 2.45) is 5.92 Å². The van der Waals surface area contributed by atoms with Gasteiger partial charge in [-0.15, -0.1) is 0 Å². The number of aliphatic hydroxyl groups is 1. The zero-order valence-corrected chi connectivity index (χ0v) is 16.6. The molecule has 0 aliphatic carbocycles. The SMILES string of the molecule is O=C(NC[C@H](O)CN1CCCCc2ccccc21)c1cc(CC2COC2)ncn1. The minimum Gasteiger partial charge on any atom is -0.389 e. The van der Waals surface area contributed by atoms with Crippen LogP contribution in [0.2, 0.25) is 0 Å². The predicted octanol–water partition coefficient (Wildman–Crippen LogP) is 1.60. The van der Waals surface area contributed by atoms with E-state index in [1.807, 2.05) is 6.07 Å². The standard InChI is InChI=1S/C22H28N4O3/c27-19(12-26-8-4-3-6-17-5-1-2-7-21(17)26)11-23-22(28)20-10-18(24-15-25-20)9-16-13-29-14-16/h1-2,5,7,10,15-16,19,27H,3-4,6,8-9,11-14H2,(H,23,28)/t19-/m0/s1. The molecule has 0 unspecified atom stereocenters. The summed E-state index contributed by atoms with van der Waals surface area (Å²) in [7, 11) is 0. The number of nitrogens with one attached hydrogen (secondary N) is 1. The molecule has 1 atom stereocenters. The Labute approximate surface area is 171 Å². The van der Waals surface area contributed by atoms with Gasteiger partial charge in [0.25, 0.3) is 5.91 Å². The summed E-state index contributed by atoms with van der Waals surface area (Å²) in [5.41, 5.74) is 3.70. The fourth-order valence-corrected chi connectivity index (χ4v) is 3.91. The van der Waals surface area contributed by atoms with Gasteiger partial charge < -0.3 is 20.1 Å². The van der Waals surface area contributed by atoms with Gasteiger partial charge in [-0.2, -0.15) is 0 Å². The van der Waals surface area contributed by atoms with E-state index >= 15 is 0 Å². The van der Waals surface area contributed by atoms with E-state index in [2.05, 4.69) is 38.4 Å². The maximum Gasteiger partial charge on any atom is 0.270 e. The van der Waals surface area contributed by atoms with Crippen LogP contribution in [0.4, 0.5) is 5.69 Å². The quantitative estimate of drug-likeness (QED) is 0.739. The first-order valence-electron chi connectivity index (χ1n) is 10.4. The van der Waals surface area contributed by atoms with Crippen molar-refractivity contribution in [2.45, 2.75) is 31.8 Å². The third-order valence-corrected chi connectivity index (χ3v) is 5.55. The first-order chi connectivity index (χ1) is 14.2. The van der Waals surface area contributed by atoms with Gasteiger partial charge in [-0.25, -0.2) is 9.97 Å². The van der Waals surface area contributed by atoms with Gasteiger partial charge in [0.15, 0.2) is 0 Å². The molecule has 154 valence electrons. The molecule has 2 N–H and O–H groups in total. The molecule has 0 saturated carbocycles. The Kier molecular flexibility index (Phi) is 6.36. The van der Waals surface area contributed by atoms with Crippen molar-refractivity contribution < 1.29 is 14.6 Å². The van der Waals surface area contributed by atoms with Crippen LogP contribution >= 0.6 is 0 Å². The zero-order valence-electron chi connectivity index (χ0n) is 16.6. The second-order valence-corrected chi connectivity index (χ2v) is 7.90. The van der Waals surface area contributed by atoms with E-state index in [9.17, 15) is 9.90 Å². The maximum atomic E-state index is 12.5. The molecule has 1 aromatic heterocycles. The van der Waals surface area contributed by atoms with Gasteiger partial charge in [-0.1, -0.05) is 18.2 Å².